The van der Waals surface area contributed by atoms with E-state index in [1.807, 2.05) is 20.9 Å². The summed E-state index contributed by atoms with van der Waals surface area (Å²) in [7, 11) is 6.26. The van der Waals surface area contributed by atoms with Gasteiger partial charge >= 0.3 is 0 Å². The van der Waals surface area contributed by atoms with Crippen LogP contribution in [0.5, 0.6) is 0 Å². The number of likely N-dealkylation sites (N-methyl/N-ethyl adjacent to an activating group) is 2. The zero-order valence-electron chi connectivity index (χ0n) is 13.1. The molecular weight excluding hydrogens is 250 g/mol. The molecule has 1 aromatic rings. The standard InChI is InChI=1S/C15H23N5/c1-11-12(2)17-18-14(13(11)9-16)20(5)10-15(19(3)4)7-6-8-15/h6-8,10H2,1-5H3. The summed E-state index contributed by atoms with van der Waals surface area (Å²) in [6, 6.07) is 2.28. The first-order chi connectivity index (χ1) is 9.41. The van der Waals surface area contributed by atoms with Crippen LogP contribution in [0.25, 0.3) is 0 Å². The predicted molar refractivity (Wildman–Crippen MR) is 79.8 cm³/mol. The van der Waals surface area contributed by atoms with E-state index in [9.17, 15) is 5.26 Å². The molecule has 1 saturated carbocycles. The van der Waals surface area contributed by atoms with Crippen molar-refractivity contribution < 1.29 is 0 Å². The molecule has 0 N–H and O–H groups in total. The number of aryl methyl sites for hydroxylation is 1. The van der Waals surface area contributed by atoms with Crippen molar-refractivity contribution >= 4 is 5.82 Å². The lowest BCUT2D eigenvalue weighted by atomic mass is 9.75. The van der Waals surface area contributed by atoms with Crippen molar-refractivity contribution in [2.75, 3.05) is 32.6 Å². The molecule has 0 saturated heterocycles. The topological polar surface area (TPSA) is 56.1 Å². The first-order valence-electron chi connectivity index (χ1n) is 7.04. The molecule has 1 aliphatic carbocycles. The van der Waals surface area contributed by atoms with E-state index in [0.717, 1.165) is 17.8 Å². The summed E-state index contributed by atoms with van der Waals surface area (Å²) in [6.07, 6.45) is 3.67. The van der Waals surface area contributed by atoms with Crippen LogP contribution in [-0.4, -0.2) is 48.3 Å². The number of rotatable bonds is 4. The third-order valence-electron chi connectivity index (χ3n) is 4.67. The second-order valence-electron chi connectivity index (χ2n) is 6.05. The molecule has 108 valence electrons. The van der Waals surface area contributed by atoms with Crippen molar-refractivity contribution in [1.29, 1.82) is 5.26 Å². The zero-order valence-corrected chi connectivity index (χ0v) is 13.1. The second-order valence-corrected chi connectivity index (χ2v) is 6.05. The summed E-state index contributed by atoms with van der Waals surface area (Å²) in [5.74, 6) is 0.698. The van der Waals surface area contributed by atoms with Gasteiger partial charge < -0.3 is 9.80 Å². The molecule has 0 spiro atoms. The van der Waals surface area contributed by atoms with Crippen LogP contribution in [0.1, 0.15) is 36.1 Å². The van der Waals surface area contributed by atoms with Crippen molar-refractivity contribution in [2.24, 2.45) is 0 Å². The number of hydrogen-bond acceptors (Lipinski definition) is 5. The van der Waals surface area contributed by atoms with Crippen molar-refractivity contribution in [3.63, 3.8) is 0 Å². The molecule has 5 heteroatoms. The molecule has 1 aromatic heterocycles. The Bertz CT molecular complexity index is 540. The Morgan fingerprint density at radius 3 is 2.30 bits per heavy atom. The summed E-state index contributed by atoms with van der Waals surface area (Å²) >= 11 is 0. The van der Waals surface area contributed by atoms with E-state index >= 15 is 0 Å². The highest BCUT2D eigenvalue weighted by Gasteiger charge is 2.40. The van der Waals surface area contributed by atoms with Gasteiger partial charge in [0.15, 0.2) is 5.82 Å². The molecule has 2 rings (SSSR count). The highest BCUT2D eigenvalue weighted by molar-refractivity contribution is 5.57. The molecule has 1 aliphatic rings. The maximum Gasteiger partial charge on any atom is 0.169 e. The molecule has 0 aromatic carbocycles. The molecule has 0 radical (unpaired) electrons. The van der Waals surface area contributed by atoms with Crippen LogP contribution < -0.4 is 4.90 Å². The summed E-state index contributed by atoms with van der Waals surface area (Å²) in [5, 5.41) is 17.8. The fourth-order valence-corrected chi connectivity index (χ4v) is 2.85. The smallest absolute Gasteiger partial charge is 0.169 e. The van der Waals surface area contributed by atoms with Crippen LogP contribution in [0, 0.1) is 25.2 Å². The first kappa shape index (κ1) is 14.7. The van der Waals surface area contributed by atoms with Gasteiger partial charge in [0.25, 0.3) is 0 Å². The summed E-state index contributed by atoms with van der Waals surface area (Å²) in [6.45, 7) is 4.71. The lowest BCUT2D eigenvalue weighted by Crippen LogP contribution is -2.57. The Morgan fingerprint density at radius 1 is 1.20 bits per heavy atom. The molecule has 1 heterocycles. The van der Waals surface area contributed by atoms with Gasteiger partial charge in [-0.25, -0.2) is 0 Å². The van der Waals surface area contributed by atoms with E-state index in [-0.39, 0.29) is 5.54 Å². The van der Waals surface area contributed by atoms with Crippen LogP contribution in [0.2, 0.25) is 0 Å². The largest absolute Gasteiger partial charge is 0.355 e. The van der Waals surface area contributed by atoms with E-state index in [4.69, 9.17) is 0 Å². The normalized spacial score (nSPS) is 16.6. The summed E-state index contributed by atoms with van der Waals surface area (Å²) in [4.78, 5) is 4.38. The molecule has 0 amide bonds. The van der Waals surface area contributed by atoms with Gasteiger partial charge in [0.1, 0.15) is 11.6 Å². The number of aromatic nitrogens is 2. The van der Waals surface area contributed by atoms with Crippen molar-refractivity contribution in [3.8, 4) is 6.07 Å². The minimum absolute atomic E-state index is 0.210. The highest BCUT2D eigenvalue weighted by Crippen LogP contribution is 2.37. The Balaban J connectivity index is 2.28. The van der Waals surface area contributed by atoms with Gasteiger partial charge in [-0.3, -0.25) is 0 Å². The fourth-order valence-electron chi connectivity index (χ4n) is 2.85. The molecule has 20 heavy (non-hydrogen) atoms. The molecule has 0 unspecified atom stereocenters. The maximum absolute atomic E-state index is 9.40. The van der Waals surface area contributed by atoms with Crippen LogP contribution in [-0.2, 0) is 0 Å². The lowest BCUT2D eigenvalue weighted by Gasteiger charge is -2.49. The van der Waals surface area contributed by atoms with Gasteiger partial charge in [-0.2, -0.15) is 10.4 Å². The van der Waals surface area contributed by atoms with E-state index in [1.54, 1.807) is 0 Å². The average molecular weight is 273 g/mol. The van der Waals surface area contributed by atoms with E-state index in [0.29, 0.717) is 11.4 Å². The van der Waals surface area contributed by atoms with Crippen LogP contribution in [0.15, 0.2) is 0 Å². The van der Waals surface area contributed by atoms with Crippen molar-refractivity contribution in [3.05, 3.63) is 16.8 Å². The van der Waals surface area contributed by atoms with Crippen molar-refractivity contribution in [1.82, 2.24) is 15.1 Å². The fraction of sp³-hybridized carbons (Fsp3) is 0.667. The van der Waals surface area contributed by atoms with Gasteiger partial charge in [-0.1, -0.05) is 0 Å². The number of nitriles is 1. The number of hydrogen-bond donors (Lipinski definition) is 0. The average Bonchev–Trinajstić information content (AvgIpc) is 2.36. The Morgan fingerprint density at radius 2 is 1.85 bits per heavy atom. The van der Waals surface area contributed by atoms with Gasteiger partial charge in [0.05, 0.1) is 5.69 Å². The number of nitrogens with zero attached hydrogens (tertiary/aromatic N) is 5. The molecule has 1 fully saturated rings. The van der Waals surface area contributed by atoms with E-state index in [1.165, 1.54) is 19.3 Å². The van der Waals surface area contributed by atoms with Crippen LogP contribution in [0.4, 0.5) is 5.82 Å². The third kappa shape index (κ3) is 2.36. The molecule has 5 nitrogen and oxygen atoms in total. The summed E-state index contributed by atoms with van der Waals surface area (Å²) in [5.41, 5.74) is 2.61. The monoisotopic (exact) mass is 273 g/mol. The molecular formula is C15H23N5. The Hall–Kier alpha value is -1.67. The molecule has 0 aliphatic heterocycles. The molecule has 0 bridgehead atoms. The summed E-state index contributed by atoms with van der Waals surface area (Å²) < 4.78 is 0. The van der Waals surface area contributed by atoms with Gasteiger partial charge in [-0.05, 0) is 52.8 Å². The minimum atomic E-state index is 0.210. The quantitative estimate of drug-likeness (QED) is 0.838. The van der Waals surface area contributed by atoms with Crippen LogP contribution >= 0.6 is 0 Å². The van der Waals surface area contributed by atoms with E-state index < -0.39 is 0 Å². The minimum Gasteiger partial charge on any atom is -0.355 e. The van der Waals surface area contributed by atoms with Crippen molar-refractivity contribution in [2.45, 2.75) is 38.6 Å². The predicted octanol–water partition coefficient (Wildman–Crippen LogP) is 1.89. The maximum atomic E-state index is 9.40. The number of anilines is 1. The van der Waals surface area contributed by atoms with Gasteiger partial charge in [0.2, 0.25) is 0 Å². The first-order valence-corrected chi connectivity index (χ1v) is 7.04. The zero-order chi connectivity index (χ0) is 14.9. The second kappa shape index (κ2) is 5.37. The van der Waals surface area contributed by atoms with Gasteiger partial charge in [0, 0.05) is 19.1 Å². The Labute approximate surface area is 121 Å². The SMILES string of the molecule is Cc1nnc(N(C)CC2(N(C)C)CCC2)c(C#N)c1C. The van der Waals surface area contributed by atoms with E-state index in [2.05, 4.69) is 40.2 Å². The van der Waals surface area contributed by atoms with Gasteiger partial charge in [-0.15, -0.1) is 5.10 Å². The lowest BCUT2D eigenvalue weighted by molar-refractivity contribution is 0.0681. The third-order valence-corrected chi connectivity index (χ3v) is 4.67. The highest BCUT2D eigenvalue weighted by atomic mass is 15.3. The Kier molecular flexibility index (Phi) is 3.96. The molecule has 0 atom stereocenters. The van der Waals surface area contributed by atoms with Crippen LogP contribution in [0.3, 0.4) is 0 Å².